The average Bonchev–Trinajstić information content (AvgIpc) is 3.72. The maximum absolute atomic E-state index is 6.44. The summed E-state index contributed by atoms with van der Waals surface area (Å²) in [5.41, 5.74) is 13.4. The molecule has 1 heteroatoms. The van der Waals surface area contributed by atoms with Gasteiger partial charge in [0.05, 0.1) is 0 Å². The summed E-state index contributed by atoms with van der Waals surface area (Å²) in [5, 5.41) is 10.3. The number of rotatable bonds is 2. The molecule has 1 nitrogen and oxygen atoms in total. The molecule has 8 aromatic carbocycles. The lowest BCUT2D eigenvalue weighted by molar-refractivity contribution is -0.0399. The summed E-state index contributed by atoms with van der Waals surface area (Å²) < 4.78 is 6.44. The molecule has 0 aliphatic heterocycles. The third-order valence-corrected chi connectivity index (χ3v) is 14.4. The highest BCUT2D eigenvalue weighted by Gasteiger charge is 2.61. The van der Waals surface area contributed by atoms with Gasteiger partial charge in [-0.05, 0) is 157 Å². The first kappa shape index (κ1) is 28.9. The van der Waals surface area contributed by atoms with Gasteiger partial charge in [0.15, 0.2) is 0 Å². The second-order valence-corrected chi connectivity index (χ2v) is 16.8. The van der Waals surface area contributed by atoms with E-state index in [-0.39, 0.29) is 5.41 Å². The van der Waals surface area contributed by atoms with Gasteiger partial charge in [0.2, 0.25) is 0 Å². The first-order valence-electron chi connectivity index (χ1n) is 19.8. The van der Waals surface area contributed by atoms with E-state index in [2.05, 4.69) is 146 Å². The van der Waals surface area contributed by atoms with Crippen molar-refractivity contribution in [3.8, 4) is 33.4 Å². The van der Waals surface area contributed by atoms with Crippen molar-refractivity contribution in [2.45, 2.75) is 37.5 Å². The number of hydrogen-bond acceptors (Lipinski definition) is 1. The fourth-order valence-corrected chi connectivity index (χ4v) is 12.8. The molecule has 252 valence electrons. The summed E-state index contributed by atoms with van der Waals surface area (Å²) in [7, 11) is 0. The minimum atomic E-state index is 0.103. The Labute approximate surface area is 308 Å². The number of benzene rings is 8. The van der Waals surface area contributed by atoms with Crippen LogP contribution in [0, 0.1) is 23.7 Å². The van der Waals surface area contributed by atoms with Crippen LogP contribution in [0.1, 0.15) is 43.2 Å². The molecule has 0 amide bonds. The monoisotopic (exact) mass is 678 g/mol. The minimum absolute atomic E-state index is 0.103. The lowest BCUT2D eigenvalue weighted by Gasteiger charge is -2.61. The van der Waals surface area contributed by atoms with Crippen LogP contribution >= 0.6 is 0 Å². The Morgan fingerprint density at radius 1 is 0.377 bits per heavy atom. The summed E-state index contributed by atoms with van der Waals surface area (Å²) in [5.74, 6) is 3.27. The molecule has 5 aliphatic carbocycles. The molecule has 0 radical (unpaired) electrons. The van der Waals surface area contributed by atoms with E-state index in [4.69, 9.17) is 4.42 Å². The summed E-state index contributed by atoms with van der Waals surface area (Å²) in [6.45, 7) is 0. The summed E-state index contributed by atoms with van der Waals surface area (Å²) in [6.07, 6.45) is 7.02. The number of para-hydroxylation sites is 1. The third-order valence-electron chi connectivity index (χ3n) is 14.4. The molecule has 9 aromatic rings. The molecule has 0 atom stereocenters. The van der Waals surface area contributed by atoms with Crippen molar-refractivity contribution in [1.29, 1.82) is 0 Å². The van der Waals surface area contributed by atoms with Gasteiger partial charge in [-0.2, -0.15) is 0 Å². The topological polar surface area (TPSA) is 13.1 Å². The zero-order valence-corrected chi connectivity index (χ0v) is 29.6. The number of furan rings is 1. The van der Waals surface area contributed by atoms with Crippen LogP contribution in [0.4, 0.5) is 0 Å². The van der Waals surface area contributed by atoms with Crippen molar-refractivity contribution in [2.75, 3.05) is 0 Å². The van der Waals surface area contributed by atoms with Gasteiger partial charge in [0, 0.05) is 16.2 Å². The Morgan fingerprint density at radius 3 is 1.58 bits per heavy atom. The van der Waals surface area contributed by atoms with E-state index in [0.717, 1.165) is 34.8 Å². The zero-order valence-electron chi connectivity index (χ0n) is 29.6. The summed E-state index contributed by atoms with van der Waals surface area (Å²) >= 11 is 0. The van der Waals surface area contributed by atoms with Gasteiger partial charge < -0.3 is 4.42 Å². The van der Waals surface area contributed by atoms with Gasteiger partial charge in [-0.3, -0.25) is 0 Å². The molecule has 1 spiro atoms. The lowest BCUT2D eigenvalue weighted by Crippen LogP contribution is -2.55. The van der Waals surface area contributed by atoms with Crippen molar-refractivity contribution in [2.24, 2.45) is 23.7 Å². The van der Waals surface area contributed by atoms with E-state index in [9.17, 15) is 0 Å². The summed E-state index contributed by atoms with van der Waals surface area (Å²) in [4.78, 5) is 0. The first-order valence-corrected chi connectivity index (χ1v) is 19.8. The van der Waals surface area contributed by atoms with Crippen LogP contribution < -0.4 is 0 Å². The molecule has 0 N–H and O–H groups in total. The second-order valence-electron chi connectivity index (χ2n) is 16.8. The molecule has 4 saturated carbocycles. The van der Waals surface area contributed by atoms with Crippen molar-refractivity contribution >= 4 is 54.3 Å². The molecular weight excluding hydrogens is 641 g/mol. The van der Waals surface area contributed by atoms with Gasteiger partial charge in [0.1, 0.15) is 11.2 Å². The fourth-order valence-electron chi connectivity index (χ4n) is 12.8. The van der Waals surface area contributed by atoms with E-state index in [1.165, 1.54) is 109 Å². The third kappa shape index (κ3) is 3.63. The predicted octanol–water partition coefficient (Wildman–Crippen LogP) is 14.1. The Hall–Kier alpha value is -5.66. The number of fused-ring (bicyclic) bond motifs is 10. The molecule has 53 heavy (non-hydrogen) atoms. The van der Waals surface area contributed by atoms with Gasteiger partial charge in [-0.15, -0.1) is 0 Å². The predicted molar refractivity (Wildman–Crippen MR) is 220 cm³/mol. The standard InChI is InChI=1S/C52H38O/c1-2-13-38-35(11-1)44(29-46-51(38)43-18-7-9-19-45(43)52(46)33-24-30-23-31(26-33)27-34(52)25-30)50-41-16-5-3-14-39(41)49(40-15-4-6-17-42(40)50)32-21-22-37-36-12-8-10-20-47(36)53-48(37)28-32/h1-22,28-31,33-34H,23-27H2. The largest absolute Gasteiger partial charge is 0.456 e. The highest BCUT2D eigenvalue weighted by Crippen LogP contribution is 2.70. The smallest absolute Gasteiger partial charge is 0.136 e. The van der Waals surface area contributed by atoms with Crippen molar-refractivity contribution in [3.05, 3.63) is 157 Å². The lowest BCUT2D eigenvalue weighted by atomic mass is 9.43. The molecule has 4 bridgehead atoms. The molecule has 4 fully saturated rings. The Bertz CT molecular complexity index is 2940. The van der Waals surface area contributed by atoms with Crippen LogP contribution in [0.3, 0.4) is 0 Å². The highest BCUT2D eigenvalue weighted by molar-refractivity contribution is 6.25. The van der Waals surface area contributed by atoms with Gasteiger partial charge in [0.25, 0.3) is 0 Å². The second kappa shape index (κ2) is 10.3. The van der Waals surface area contributed by atoms with Crippen molar-refractivity contribution < 1.29 is 4.42 Å². The van der Waals surface area contributed by atoms with Crippen LogP contribution in [0.2, 0.25) is 0 Å². The molecular formula is C52H38O. The quantitative estimate of drug-likeness (QED) is 0.166. The molecule has 0 saturated heterocycles. The maximum atomic E-state index is 6.44. The number of hydrogen-bond donors (Lipinski definition) is 0. The molecule has 1 heterocycles. The highest BCUT2D eigenvalue weighted by atomic mass is 16.3. The molecule has 1 aromatic heterocycles. The van der Waals surface area contributed by atoms with Crippen LogP contribution in [0.25, 0.3) is 87.6 Å². The van der Waals surface area contributed by atoms with E-state index >= 15 is 0 Å². The zero-order chi connectivity index (χ0) is 34.4. The van der Waals surface area contributed by atoms with Gasteiger partial charge in [-0.25, -0.2) is 0 Å². The van der Waals surface area contributed by atoms with Gasteiger partial charge >= 0.3 is 0 Å². The Morgan fingerprint density at radius 2 is 0.906 bits per heavy atom. The van der Waals surface area contributed by atoms with Crippen LogP contribution in [-0.4, -0.2) is 0 Å². The van der Waals surface area contributed by atoms with Crippen LogP contribution in [-0.2, 0) is 5.41 Å². The minimum Gasteiger partial charge on any atom is -0.456 e. The van der Waals surface area contributed by atoms with Crippen LogP contribution in [0.5, 0.6) is 0 Å². The average molecular weight is 679 g/mol. The molecule has 14 rings (SSSR count). The maximum Gasteiger partial charge on any atom is 0.136 e. The molecule has 0 unspecified atom stereocenters. The first-order chi connectivity index (χ1) is 26.3. The van der Waals surface area contributed by atoms with E-state index < -0.39 is 0 Å². The summed E-state index contributed by atoms with van der Waals surface area (Å²) in [6, 6.07) is 55.1. The fraction of sp³-hybridized carbons (Fsp3) is 0.192. The van der Waals surface area contributed by atoms with E-state index in [1.54, 1.807) is 11.1 Å². The van der Waals surface area contributed by atoms with E-state index in [0.29, 0.717) is 0 Å². The van der Waals surface area contributed by atoms with Crippen molar-refractivity contribution in [3.63, 3.8) is 0 Å². The molecule has 5 aliphatic rings. The Balaban J connectivity index is 1.13. The van der Waals surface area contributed by atoms with Crippen molar-refractivity contribution in [1.82, 2.24) is 0 Å². The van der Waals surface area contributed by atoms with Crippen LogP contribution in [0.15, 0.2) is 150 Å². The Kier molecular flexibility index (Phi) is 5.59. The van der Waals surface area contributed by atoms with E-state index in [1.807, 2.05) is 0 Å². The van der Waals surface area contributed by atoms with Gasteiger partial charge in [-0.1, -0.05) is 121 Å². The normalized spacial score (nSPS) is 23.9. The SMILES string of the molecule is c1ccc2c(c1)-c1c(cc(-c3c4ccccc4c(-c4ccc5c(c4)oc4ccccc45)c4ccccc34)c3ccccc13)C21C2CC3CC(C2)CC1C3.